The summed E-state index contributed by atoms with van der Waals surface area (Å²) < 4.78 is 34.7. The number of amides is 1. The maximum absolute atomic E-state index is 13.0. The molecule has 3 aromatic heterocycles. The molecule has 0 aliphatic rings. The van der Waals surface area contributed by atoms with Gasteiger partial charge in [0.2, 0.25) is 5.76 Å². The first-order valence-corrected chi connectivity index (χ1v) is 12.0. The molecule has 4 rings (SSSR count). The van der Waals surface area contributed by atoms with Gasteiger partial charge in [-0.25, -0.2) is 13.4 Å². The fourth-order valence-corrected chi connectivity index (χ4v) is 3.77. The zero-order chi connectivity index (χ0) is 23.8. The van der Waals surface area contributed by atoms with Gasteiger partial charge in [0.15, 0.2) is 15.7 Å². The van der Waals surface area contributed by atoms with Crippen molar-refractivity contribution < 1.29 is 22.0 Å². The minimum atomic E-state index is -3.35. The molecular weight excluding hydrogens is 444 g/mol. The summed E-state index contributed by atoms with van der Waals surface area (Å²) in [4.78, 5) is 26.2. The summed E-state index contributed by atoms with van der Waals surface area (Å²) in [6, 6.07) is 9.81. The van der Waals surface area contributed by atoms with E-state index in [0.717, 1.165) is 11.8 Å². The predicted octanol–water partition coefficient (Wildman–Crippen LogP) is 4.48. The van der Waals surface area contributed by atoms with E-state index in [2.05, 4.69) is 20.3 Å². The van der Waals surface area contributed by atoms with Gasteiger partial charge < -0.3 is 8.83 Å². The lowest BCUT2D eigenvalue weighted by atomic mass is 10.1. The molecule has 33 heavy (non-hydrogen) atoms. The van der Waals surface area contributed by atoms with Crippen molar-refractivity contribution in [2.75, 3.05) is 11.6 Å². The zero-order valence-electron chi connectivity index (χ0n) is 18.5. The second kappa shape index (κ2) is 8.62. The third-order valence-corrected chi connectivity index (χ3v) is 6.00. The maximum atomic E-state index is 13.0. The highest BCUT2D eigenvalue weighted by Crippen LogP contribution is 2.29. The van der Waals surface area contributed by atoms with Gasteiger partial charge in [-0.1, -0.05) is 32.0 Å². The average molecular weight is 467 g/mol. The number of oxazole rings is 2. The quantitative estimate of drug-likeness (QED) is 0.440. The van der Waals surface area contributed by atoms with E-state index in [1.165, 1.54) is 18.4 Å². The lowest BCUT2D eigenvalue weighted by Crippen LogP contribution is -2.12. The summed E-state index contributed by atoms with van der Waals surface area (Å²) in [5.74, 6) is -0.317. The molecule has 3 heterocycles. The molecule has 0 saturated carbocycles. The Balaban J connectivity index is 1.65. The van der Waals surface area contributed by atoms with Gasteiger partial charge in [-0.05, 0) is 30.7 Å². The molecule has 0 radical (unpaired) electrons. The van der Waals surface area contributed by atoms with Crippen molar-refractivity contribution in [1.29, 1.82) is 0 Å². The summed E-state index contributed by atoms with van der Waals surface area (Å²) >= 11 is 0. The van der Waals surface area contributed by atoms with Gasteiger partial charge in [-0.2, -0.15) is 4.98 Å². The molecule has 10 heteroatoms. The van der Waals surface area contributed by atoms with Crippen molar-refractivity contribution >= 4 is 21.8 Å². The number of nitrogens with one attached hydrogen (secondary N) is 1. The van der Waals surface area contributed by atoms with Gasteiger partial charge >= 0.3 is 6.01 Å². The number of pyridine rings is 1. The molecule has 0 atom stereocenters. The van der Waals surface area contributed by atoms with Crippen molar-refractivity contribution in [2.24, 2.45) is 0 Å². The standard InChI is InChI=1S/C23H22N4O5S/c1-13(2)22-26-19(15-7-9-16(10-8-15)33(4,29)30)20(32-22)21(28)27-23-25-17(12-31-23)18-14(3)6-5-11-24-18/h5-13H,1-4H3,(H,25,27,28). The summed E-state index contributed by atoms with van der Waals surface area (Å²) in [6.07, 6.45) is 4.19. The van der Waals surface area contributed by atoms with E-state index in [4.69, 9.17) is 8.83 Å². The van der Waals surface area contributed by atoms with Crippen LogP contribution in [0.3, 0.4) is 0 Å². The maximum Gasteiger partial charge on any atom is 0.302 e. The van der Waals surface area contributed by atoms with Gasteiger partial charge in [0.05, 0.1) is 10.6 Å². The van der Waals surface area contributed by atoms with Crippen LogP contribution in [0.1, 0.15) is 41.8 Å². The Labute approximate surface area is 190 Å². The predicted molar refractivity (Wildman–Crippen MR) is 122 cm³/mol. The molecule has 0 saturated heterocycles. The summed E-state index contributed by atoms with van der Waals surface area (Å²) in [5.41, 5.74) is 2.89. The molecule has 0 spiro atoms. The third-order valence-electron chi connectivity index (χ3n) is 4.88. The van der Waals surface area contributed by atoms with E-state index in [0.29, 0.717) is 28.5 Å². The fraction of sp³-hybridized carbons (Fsp3) is 0.217. The Morgan fingerprint density at radius 3 is 2.42 bits per heavy atom. The lowest BCUT2D eigenvalue weighted by Gasteiger charge is -2.03. The molecule has 0 fully saturated rings. The van der Waals surface area contributed by atoms with Crippen LogP contribution in [0, 0.1) is 6.92 Å². The number of rotatable bonds is 6. The summed E-state index contributed by atoms with van der Waals surface area (Å²) in [5, 5.41) is 2.59. The Kier molecular flexibility index (Phi) is 5.86. The van der Waals surface area contributed by atoms with Gasteiger partial charge in [0, 0.05) is 23.9 Å². The number of carbonyl (C=O) groups is 1. The smallest absolute Gasteiger partial charge is 0.302 e. The second-order valence-electron chi connectivity index (χ2n) is 7.84. The highest BCUT2D eigenvalue weighted by Gasteiger charge is 2.25. The Hall–Kier alpha value is -3.79. The van der Waals surface area contributed by atoms with E-state index >= 15 is 0 Å². The number of aromatic nitrogens is 3. The van der Waals surface area contributed by atoms with Crippen molar-refractivity contribution in [3.63, 3.8) is 0 Å². The van der Waals surface area contributed by atoms with Crippen molar-refractivity contribution in [3.8, 4) is 22.6 Å². The van der Waals surface area contributed by atoms with Crippen LogP contribution in [-0.4, -0.2) is 35.5 Å². The number of hydrogen-bond donors (Lipinski definition) is 1. The van der Waals surface area contributed by atoms with E-state index in [9.17, 15) is 13.2 Å². The van der Waals surface area contributed by atoms with Gasteiger partial charge in [-0.3, -0.25) is 15.1 Å². The Bertz CT molecular complexity index is 1420. The molecule has 1 aromatic carbocycles. The van der Waals surface area contributed by atoms with Crippen LogP contribution < -0.4 is 5.32 Å². The third kappa shape index (κ3) is 4.70. The van der Waals surface area contributed by atoms with Crippen LogP contribution in [0.2, 0.25) is 0 Å². The summed E-state index contributed by atoms with van der Waals surface area (Å²) in [6.45, 7) is 5.68. The van der Waals surface area contributed by atoms with Crippen molar-refractivity contribution in [3.05, 3.63) is 66.1 Å². The minimum Gasteiger partial charge on any atom is -0.435 e. The van der Waals surface area contributed by atoms with Crippen molar-refractivity contribution in [2.45, 2.75) is 31.6 Å². The summed E-state index contributed by atoms with van der Waals surface area (Å²) in [7, 11) is -3.35. The first-order valence-electron chi connectivity index (χ1n) is 10.1. The molecule has 9 nitrogen and oxygen atoms in total. The molecule has 0 aliphatic heterocycles. The SMILES string of the molecule is Cc1cccnc1-c1coc(NC(=O)c2oc(C(C)C)nc2-c2ccc(S(C)(=O)=O)cc2)n1. The first-order chi connectivity index (χ1) is 15.6. The van der Waals surface area contributed by atoms with Crippen molar-refractivity contribution in [1.82, 2.24) is 15.0 Å². The second-order valence-corrected chi connectivity index (χ2v) is 9.86. The number of anilines is 1. The highest BCUT2D eigenvalue weighted by molar-refractivity contribution is 7.90. The Morgan fingerprint density at radius 2 is 1.79 bits per heavy atom. The molecule has 1 N–H and O–H groups in total. The Morgan fingerprint density at radius 1 is 1.06 bits per heavy atom. The first kappa shape index (κ1) is 22.4. The van der Waals surface area contributed by atoms with Crippen LogP contribution >= 0.6 is 0 Å². The van der Waals surface area contributed by atoms with Crippen LogP contribution in [0.5, 0.6) is 0 Å². The molecule has 1 amide bonds. The van der Waals surface area contributed by atoms with Crippen LogP contribution in [0.15, 0.2) is 62.6 Å². The number of nitrogens with zero attached hydrogens (tertiary/aromatic N) is 3. The van der Waals surface area contributed by atoms with E-state index in [-0.39, 0.29) is 22.6 Å². The average Bonchev–Trinajstić information content (AvgIpc) is 3.41. The molecule has 0 aliphatic carbocycles. The highest BCUT2D eigenvalue weighted by atomic mass is 32.2. The number of hydrogen-bond acceptors (Lipinski definition) is 8. The largest absolute Gasteiger partial charge is 0.435 e. The monoisotopic (exact) mass is 466 g/mol. The lowest BCUT2D eigenvalue weighted by molar-refractivity contribution is 0.0992. The minimum absolute atomic E-state index is 0.0130. The zero-order valence-corrected chi connectivity index (χ0v) is 19.3. The molecular formula is C23H22N4O5S. The number of benzene rings is 1. The topological polar surface area (TPSA) is 128 Å². The number of carbonyl (C=O) groups excluding carboxylic acids is 1. The van der Waals surface area contributed by atoms with Crippen LogP contribution in [0.4, 0.5) is 6.01 Å². The molecule has 0 unspecified atom stereocenters. The molecule has 170 valence electrons. The van der Waals surface area contributed by atoms with Crippen LogP contribution in [-0.2, 0) is 9.84 Å². The van der Waals surface area contributed by atoms with Gasteiger partial charge in [0.25, 0.3) is 5.91 Å². The normalized spacial score (nSPS) is 11.7. The van der Waals surface area contributed by atoms with Gasteiger partial charge in [-0.15, -0.1) is 0 Å². The number of aryl methyl sites for hydroxylation is 1. The molecule has 4 aromatic rings. The fourth-order valence-electron chi connectivity index (χ4n) is 3.14. The van der Waals surface area contributed by atoms with E-state index < -0.39 is 15.7 Å². The van der Waals surface area contributed by atoms with Gasteiger partial charge in [0.1, 0.15) is 17.7 Å². The molecule has 0 bridgehead atoms. The van der Waals surface area contributed by atoms with E-state index in [1.807, 2.05) is 32.9 Å². The van der Waals surface area contributed by atoms with E-state index in [1.54, 1.807) is 18.3 Å². The number of sulfone groups is 1. The van der Waals surface area contributed by atoms with Crippen LogP contribution in [0.25, 0.3) is 22.6 Å².